The lowest BCUT2D eigenvalue weighted by Crippen LogP contribution is -2.44. The van der Waals surface area contributed by atoms with Crippen LogP contribution in [0.4, 0.5) is 10.1 Å². The van der Waals surface area contributed by atoms with E-state index in [0.717, 1.165) is 0 Å². The second-order valence-corrected chi connectivity index (χ2v) is 4.89. The third kappa shape index (κ3) is 2.55. The Kier molecular flexibility index (Phi) is 4.14. The van der Waals surface area contributed by atoms with Gasteiger partial charge in [0.25, 0.3) is 0 Å². The molecule has 0 N–H and O–H groups in total. The van der Waals surface area contributed by atoms with E-state index in [4.69, 9.17) is 5.26 Å². The van der Waals surface area contributed by atoms with Gasteiger partial charge in [0.2, 0.25) is 5.91 Å². The number of hydrogen-bond donors (Lipinski definition) is 0. The maximum Gasteiger partial charge on any atom is 0.237 e. The summed E-state index contributed by atoms with van der Waals surface area (Å²) in [5.74, 6) is -2.03. The van der Waals surface area contributed by atoms with Crippen LogP contribution in [0.15, 0.2) is 18.2 Å². The van der Waals surface area contributed by atoms with Gasteiger partial charge in [0.15, 0.2) is 5.78 Å². The molecule has 0 aromatic heterocycles. The maximum atomic E-state index is 14.1. The molecule has 1 aromatic carbocycles. The second kappa shape index (κ2) is 5.83. The van der Waals surface area contributed by atoms with Crippen molar-refractivity contribution in [3.05, 3.63) is 29.6 Å². The first-order chi connectivity index (χ1) is 9.56. The minimum absolute atomic E-state index is 0.212. The molecule has 5 heteroatoms. The number of benzene rings is 1. The smallest absolute Gasteiger partial charge is 0.237 e. The van der Waals surface area contributed by atoms with Crippen LogP contribution in [0.1, 0.15) is 24.8 Å². The lowest BCUT2D eigenvalue weighted by Gasteiger charge is -2.31. The molecule has 1 heterocycles. The number of carbonyl (C=O) groups excluding carboxylic acids is 2. The van der Waals surface area contributed by atoms with Crippen molar-refractivity contribution in [3.8, 4) is 6.07 Å². The number of amides is 1. The molecule has 1 atom stereocenters. The van der Waals surface area contributed by atoms with Crippen molar-refractivity contribution in [2.45, 2.75) is 26.2 Å². The highest BCUT2D eigenvalue weighted by Gasteiger charge is 2.35. The quantitative estimate of drug-likeness (QED) is 0.795. The Morgan fingerprint density at radius 3 is 3.00 bits per heavy atom. The summed E-state index contributed by atoms with van der Waals surface area (Å²) in [5, 5.41) is 8.56. The minimum atomic E-state index is -0.816. The van der Waals surface area contributed by atoms with Crippen molar-refractivity contribution in [3.63, 3.8) is 0 Å². The van der Waals surface area contributed by atoms with Gasteiger partial charge in [-0.15, -0.1) is 0 Å². The highest BCUT2D eigenvalue weighted by Crippen LogP contribution is 2.28. The summed E-state index contributed by atoms with van der Waals surface area (Å²) >= 11 is 0. The summed E-state index contributed by atoms with van der Waals surface area (Å²) in [5.41, 5.74) is 0.672. The standard InChI is InChI=1S/C15H15FN2O2/c1-10-4-2-6-12(14(10)16)18-9-3-5-11(15(18)20)13(19)7-8-17/h2,4,6,11H,3,5,7,9H2,1H3. The summed E-state index contributed by atoms with van der Waals surface area (Å²) in [6, 6.07) is 6.62. The van der Waals surface area contributed by atoms with Crippen LogP contribution in [-0.2, 0) is 9.59 Å². The average molecular weight is 274 g/mol. The molecule has 1 unspecified atom stereocenters. The fourth-order valence-corrected chi connectivity index (χ4v) is 2.45. The second-order valence-electron chi connectivity index (χ2n) is 4.89. The highest BCUT2D eigenvalue weighted by atomic mass is 19.1. The third-order valence-electron chi connectivity index (χ3n) is 3.54. The minimum Gasteiger partial charge on any atom is -0.309 e. The van der Waals surface area contributed by atoms with Crippen LogP contribution >= 0.6 is 0 Å². The van der Waals surface area contributed by atoms with E-state index < -0.39 is 17.6 Å². The highest BCUT2D eigenvalue weighted by molar-refractivity contribution is 6.09. The van der Waals surface area contributed by atoms with Gasteiger partial charge in [0, 0.05) is 6.54 Å². The zero-order valence-electron chi connectivity index (χ0n) is 11.2. The number of rotatable bonds is 3. The molecule has 0 aliphatic carbocycles. The van der Waals surface area contributed by atoms with Crippen molar-refractivity contribution < 1.29 is 14.0 Å². The number of nitrogens with zero attached hydrogens (tertiary/aromatic N) is 2. The molecule has 0 bridgehead atoms. The molecule has 1 aromatic rings. The SMILES string of the molecule is Cc1cccc(N2CCCC(C(=O)CC#N)C2=O)c1F. The summed E-state index contributed by atoms with van der Waals surface area (Å²) in [7, 11) is 0. The van der Waals surface area contributed by atoms with Crippen molar-refractivity contribution in [2.75, 3.05) is 11.4 Å². The fraction of sp³-hybridized carbons (Fsp3) is 0.400. The summed E-state index contributed by atoms with van der Waals surface area (Å²) in [4.78, 5) is 25.4. The number of halogens is 1. The zero-order valence-corrected chi connectivity index (χ0v) is 11.2. The molecule has 4 nitrogen and oxygen atoms in total. The Hall–Kier alpha value is -2.22. The van der Waals surface area contributed by atoms with E-state index in [1.807, 2.05) is 0 Å². The van der Waals surface area contributed by atoms with E-state index in [-0.39, 0.29) is 17.9 Å². The van der Waals surface area contributed by atoms with Crippen LogP contribution in [0.2, 0.25) is 0 Å². The van der Waals surface area contributed by atoms with E-state index in [1.54, 1.807) is 25.1 Å². The fourth-order valence-electron chi connectivity index (χ4n) is 2.45. The molecule has 1 saturated heterocycles. The molecule has 1 aliphatic heterocycles. The molecule has 0 saturated carbocycles. The molecule has 2 rings (SSSR count). The monoisotopic (exact) mass is 274 g/mol. The summed E-state index contributed by atoms with van der Waals surface area (Å²) in [6.45, 7) is 2.03. The molecule has 104 valence electrons. The van der Waals surface area contributed by atoms with Gasteiger partial charge in [-0.1, -0.05) is 12.1 Å². The Morgan fingerprint density at radius 2 is 2.30 bits per heavy atom. The molecule has 1 amide bonds. The lowest BCUT2D eigenvalue weighted by atomic mass is 9.91. The predicted molar refractivity (Wildman–Crippen MR) is 71.5 cm³/mol. The number of aryl methyl sites for hydroxylation is 1. The average Bonchev–Trinajstić information content (AvgIpc) is 2.43. The van der Waals surface area contributed by atoms with Crippen molar-refractivity contribution >= 4 is 17.4 Å². The normalized spacial score (nSPS) is 18.8. The van der Waals surface area contributed by atoms with E-state index >= 15 is 0 Å². The molecule has 0 spiro atoms. The molecular weight excluding hydrogens is 259 g/mol. The number of piperidine rings is 1. The van der Waals surface area contributed by atoms with Crippen molar-refractivity contribution in [1.29, 1.82) is 5.26 Å². The Balaban J connectivity index is 2.29. The number of ketones is 1. The van der Waals surface area contributed by atoms with Gasteiger partial charge in [-0.25, -0.2) is 4.39 Å². The van der Waals surface area contributed by atoms with Gasteiger partial charge in [0.05, 0.1) is 24.1 Å². The van der Waals surface area contributed by atoms with Gasteiger partial charge in [0.1, 0.15) is 5.82 Å². The van der Waals surface area contributed by atoms with Gasteiger partial charge in [-0.05, 0) is 31.4 Å². The number of Topliss-reactive ketones (excluding diaryl/α,β-unsaturated/α-hetero) is 1. The Labute approximate surface area is 116 Å². The van der Waals surface area contributed by atoms with E-state index in [0.29, 0.717) is 24.9 Å². The molecule has 20 heavy (non-hydrogen) atoms. The molecule has 1 aliphatic rings. The van der Waals surface area contributed by atoms with E-state index in [9.17, 15) is 14.0 Å². The lowest BCUT2D eigenvalue weighted by molar-refractivity contribution is -0.133. The maximum absolute atomic E-state index is 14.1. The Bertz CT molecular complexity index is 592. The van der Waals surface area contributed by atoms with Gasteiger partial charge in [-0.2, -0.15) is 5.26 Å². The first-order valence-corrected chi connectivity index (χ1v) is 6.52. The van der Waals surface area contributed by atoms with Gasteiger partial charge >= 0.3 is 0 Å². The molecular formula is C15H15FN2O2. The van der Waals surface area contributed by atoms with E-state index in [1.165, 1.54) is 11.0 Å². The first-order valence-electron chi connectivity index (χ1n) is 6.52. The number of carbonyl (C=O) groups is 2. The van der Waals surface area contributed by atoms with Crippen LogP contribution in [0.5, 0.6) is 0 Å². The molecule has 0 radical (unpaired) electrons. The summed E-state index contributed by atoms with van der Waals surface area (Å²) < 4.78 is 14.1. The number of nitriles is 1. The van der Waals surface area contributed by atoms with Crippen LogP contribution in [-0.4, -0.2) is 18.2 Å². The molecule has 1 fully saturated rings. The van der Waals surface area contributed by atoms with Crippen LogP contribution in [0, 0.1) is 30.0 Å². The zero-order chi connectivity index (χ0) is 14.7. The summed E-state index contributed by atoms with van der Waals surface area (Å²) in [6.07, 6.45) is 0.783. The predicted octanol–water partition coefficient (Wildman–Crippen LogP) is 2.36. The third-order valence-corrected chi connectivity index (χ3v) is 3.54. The topological polar surface area (TPSA) is 61.2 Å². The van der Waals surface area contributed by atoms with Crippen LogP contribution in [0.3, 0.4) is 0 Å². The van der Waals surface area contributed by atoms with Gasteiger partial charge < -0.3 is 4.90 Å². The van der Waals surface area contributed by atoms with Crippen LogP contribution < -0.4 is 4.90 Å². The number of anilines is 1. The van der Waals surface area contributed by atoms with Crippen LogP contribution in [0.25, 0.3) is 0 Å². The number of hydrogen-bond acceptors (Lipinski definition) is 3. The largest absolute Gasteiger partial charge is 0.309 e. The van der Waals surface area contributed by atoms with Crippen molar-refractivity contribution in [1.82, 2.24) is 0 Å². The van der Waals surface area contributed by atoms with Crippen molar-refractivity contribution in [2.24, 2.45) is 5.92 Å². The van der Waals surface area contributed by atoms with E-state index in [2.05, 4.69) is 0 Å². The Morgan fingerprint density at radius 1 is 1.55 bits per heavy atom. The first kappa shape index (κ1) is 14.2. The van der Waals surface area contributed by atoms with Gasteiger partial charge in [-0.3, -0.25) is 9.59 Å².